The van der Waals surface area contributed by atoms with E-state index in [-0.39, 0.29) is 6.04 Å². The number of nitrogens with zero attached hydrogens (tertiary/aromatic N) is 4. The lowest BCUT2D eigenvalue weighted by atomic mass is 10.2. The minimum atomic E-state index is -0.818. The van der Waals surface area contributed by atoms with E-state index in [2.05, 4.69) is 27.0 Å². The molecule has 0 spiro atoms. The van der Waals surface area contributed by atoms with Crippen LogP contribution in [-0.4, -0.2) is 40.2 Å². The number of halogens is 1. The summed E-state index contributed by atoms with van der Waals surface area (Å²) in [5, 5.41) is 22.8. The number of thiazole rings is 1. The van der Waals surface area contributed by atoms with Gasteiger partial charge in [-0.2, -0.15) is 5.26 Å². The minimum absolute atomic E-state index is 0.345. The van der Waals surface area contributed by atoms with Crippen LogP contribution in [0.4, 0.5) is 0 Å². The SMILES string of the molecule is CN1C(C(O)c2ncsc2Br)=CC(C#N)N1C. The van der Waals surface area contributed by atoms with Gasteiger partial charge in [-0.1, -0.05) is 0 Å². The summed E-state index contributed by atoms with van der Waals surface area (Å²) in [4.78, 5) is 4.12. The Morgan fingerprint density at radius 2 is 2.35 bits per heavy atom. The van der Waals surface area contributed by atoms with Gasteiger partial charge in [0, 0.05) is 14.1 Å². The minimum Gasteiger partial charge on any atom is -0.380 e. The molecule has 17 heavy (non-hydrogen) atoms. The summed E-state index contributed by atoms with van der Waals surface area (Å²) in [5.41, 5.74) is 2.93. The van der Waals surface area contributed by atoms with E-state index in [1.54, 1.807) is 28.7 Å². The lowest BCUT2D eigenvalue weighted by molar-refractivity contribution is 0.0483. The number of likely N-dealkylation sites (N-methyl/N-ethyl adjacent to an activating group) is 2. The zero-order valence-electron chi connectivity index (χ0n) is 9.33. The molecule has 0 bridgehead atoms. The lowest BCUT2D eigenvalue weighted by Gasteiger charge is -2.28. The molecule has 2 heterocycles. The summed E-state index contributed by atoms with van der Waals surface area (Å²) in [6.07, 6.45) is 0.928. The van der Waals surface area contributed by atoms with Crippen molar-refractivity contribution in [2.24, 2.45) is 0 Å². The molecule has 5 nitrogen and oxygen atoms in total. The van der Waals surface area contributed by atoms with Crippen molar-refractivity contribution in [3.8, 4) is 6.07 Å². The van der Waals surface area contributed by atoms with E-state index in [4.69, 9.17) is 5.26 Å². The number of rotatable bonds is 2. The van der Waals surface area contributed by atoms with Crippen LogP contribution in [0.5, 0.6) is 0 Å². The Kier molecular flexibility index (Phi) is 3.49. The largest absolute Gasteiger partial charge is 0.380 e. The molecule has 0 fully saturated rings. The standard InChI is InChI=1S/C10H11BrN4OS/c1-14-6(4-12)3-7(15(14)2)9(16)8-10(11)17-5-13-8/h3,5-6,9,16H,1-2H3. The number of hydrazine groups is 1. The topological polar surface area (TPSA) is 63.4 Å². The molecule has 0 amide bonds. The fourth-order valence-electron chi connectivity index (χ4n) is 1.69. The van der Waals surface area contributed by atoms with E-state index in [0.717, 1.165) is 3.79 Å². The van der Waals surface area contributed by atoms with Crippen LogP contribution in [0.3, 0.4) is 0 Å². The first kappa shape index (κ1) is 12.5. The summed E-state index contributed by atoms with van der Waals surface area (Å²) in [6, 6.07) is 1.81. The van der Waals surface area contributed by atoms with Crippen LogP contribution >= 0.6 is 27.3 Å². The van der Waals surface area contributed by atoms with E-state index in [1.165, 1.54) is 11.3 Å². The molecule has 1 aromatic heterocycles. The Morgan fingerprint density at radius 1 is 1.65 bits per heavy atom. The summed E-state index contributed by atoms with van der Waals surface area (Å²) in [6.45, 7) is 0. The fraction of sp³-hybridized carbons (Fsp3) is 0.400. The normalized spacial score (nSPS) is 22.4. The predicted octanol–water partition coefficient (Wildman–Crippen LogP) is 1.51. The van der Waals surface area contributed by atoms with E-state index in [1.807, 2.05) is 7.05 Å². The van der Waals surface area contributed by atoms with E-state index >= 15 is 0 Å². The van der Waals surface area contributed by atoms with Crippen LogP contribution in [-0.2, 0) is 0 Å². The van der Waals surface area contributed by atoms with Crippen molar-refractivity contribution in [3.05, 3.63) is 26.8 Å². The molecular formula is C10H11BrN4OS. The molecule has 0 radical (unpaired) electrons. The molecule has 1 N–H and O–H groups in total. The quantitative estimate of drug-likeness (QED) is 0.896. The third-order valence-electron chi connectivity index (χ3n) is 2.80. The Hall–Kier alpha value is -0.940. The fourth-order valence-corrected chi connectivity index (χ4v) is 2.81. The highest BCUT2D eigenvalue weighted by molar-refractivity contribution is 9.11. The highest BCUT2D eigenvalue weighted by atomic mass is 79.9. The van der Waals surface area contributed by atoms with Crippen LogP contribution in [0, 0.1) is 11.3 Å². The van der Waals surface area contributed by atoms with Gasteiger partial charge in [0.25, 0.3) is 0 Å². The third-order valence-corrected chi connectivity index (χ3v) is 4.39. The van der Waals surface area contributed by atoms with Crippen molar-refractivity contribution in [2.75, 3.05) is 14.1 Å². The molecule has 2 atom stereocenters. The second kappa shape index (κ2) is 4.74. The van der Waals surface area contributed by atoms with Gasteiger partial charge in [-0.3, -0.25) is 0 Å². The summed E-state index contributed by atoms with van der Waals surface area (Å²) < 4.78 is 0.808. The van der Waals surface area contributed by atoms with Crippen molar-refractivity contribution in [1.82, 2.24) is 15.0 Å². The van der Waals surface area contributed by atoms with Gasteiger partial charge in [-0.15, -0.1) is 11.3 Å². The van der Waals surface area contributed by atoms with Gasteiger partial charge >= 0.3 is 0 Å². The number of aromatic nitrogens is 1. The molecule has 0 aromatic carbocycles. The zero-order chi connectivity index (χ0) is 12.6. The van der Waals surface area contributed by atoms with Crippen molar-refractivity contribution >= 4 is 27.3 Å². The molecule has 1 aliphatic rings. The summed E-state index contributed by atoms with van der Waals surface area (Å²) >= 11 is 4.77. The van der Waals surface area contributed by atoms with Crippen LogP contribution < -0.4 is 0 Å². The number of aliphatic hydroxyl groups excluding tert-OH is 1. The van der Waals surface area contributed by atoms with Gasteiger partial charge in [-0.05, 0) is 22.0 Å². The molecule has 1 aliphatic heterocycles. The van der Waals surface area contributed by atoms with Gasteiger partial charge < -0.3 is 10.1 Å². The number of hydrogen-bond acceptors (Lipinski definition) is 6. The Bertz CT molecular complexity index is 495. The van der Waals surface area contributed by atoms with Gasteiger partial charge in [0.05, 0.1) is 21.1 Å². The van der Waals surface area contributed by atoms with Crippen LogP contribution in [0.15, 0.2) is 21.1 Å². The molecule has 0 saturated heterocycles. The maximum atomic E-state index is 10.3. The second-order valence-electron chi connectivity index (χ2n) is 3.68. The van der Waals surface area contributed by atoms with E-state index in [0.29, 0.717) is 11.4 Å². The van der Waals surface area contributed by atoms with Gasteiger partial charge in [0.2, 0.25) is 0 Å². The van der Waals surface area contributed by atoms with E-state index in [9.17, 15) is 5.11 Å². The Balaban J connectivity index is 2.30. The first-order chi connectivity index (χ1) is 8.06. The van der Waals surface area contributed by atoms with Crippen LogP contribution in [0.2, 0.25) is 0 Å². The third kappa shape index (κ3) is 2.09. The van der Waals surface area contributed by atoms with Crippen molar-refractivity contribution in [2.45, 2.75) is 12.1 Å². The maximum Gasteiger partial charge on any atom is 0.139 e. The first-order valence-corrected chi connectivity index (χ1v) is 6.58. The summed E-state index contributed by atoms with van der Waals surface area (Å²) in [5.74, 6) is 0. The first-order valence-electron chi connectivity index (χ1n) is 4.91. The number of hydrogen-bond donors (Lipinski definition) is 1. The average Bonchev–Trinajstić information content (AvgIpc) is 2.85. The molecule has 7 heteroatoms. The Labute approximate surface area is 112 Å². The molecule has 1 aromatic rings. The average molecular weight is 315 g/mol. The highest BCUT2D eigenvalue weighted by Crippen LogP contribution is 2.34. The Morgan fingerprint density at radius 3 is 2.82 bits per heavy atom. The monoisotopic (exact) mass is 314 g/mol. The van der Waals surface area contributed by atoms with Gasteiger partial charge in [-0.25, -0.2) is 9.99 Å². The van der Waals surface area contributed by atoms with Crippen molar-refractivity contribution < 1.29 is 5.11 Å². The highest BCUT2D eigenvalue weighted by Gasteiger charge is 2.32. The van der Waals surface area contributed by atoms with Crippen molar-refractivity contribution in [1.29, 1.82) is 5.26 Å². The zero-order valence-corrected chi connectivity index (χ0v) is 11.7. The molecule has 90 valence electrons. The van der Waals surface area contributed by atoms with E-state index < -0.39 is 6.10 Å². The number of nitriles is 1. The lowest BCUT2D eigenvalue weighted by Crippen LogP contribution is -2.36. The molecular weight excluding hydrogens is 304 g/mol. The molecule has 0 aliphatic carbocycles. The van der Waals surface area contributed by atoms with Crippen LogP contribution in [0.1, 0.15) is 11.8 Å². The smallest absolute Gasteiger partial charge is 0.139 e. The molecule has 0 saturated carbocycles. The maximum absolute atomic E-state index is 10.3. The van der Waals surface area contributed by atoms with Gasteiger partial charge in [0.1, 0.15) is 17.8 Å². The van der Waals surface area contributed by atoms with Gasteiger partial charge in [0.15, 0.2) is 0 Å². The van der Waals surface area contributed by atoms with Crippen LogP contribution in [0.25, 0.3) is 0 Å². The molecule has 2 unspecified atom stereocenters. The second-order valence-corrected chi connectivity index (χ2v) is 5.85. The number of aliphatic hydroxyl groups is 1. The van der Waals surface area contributed by atoms with Crippen molar-refractivity contribution in [3.63, 3.8) is 0 Å². The molecule has 2 rings (SSSR count). The predicted molar refractivity (Wildman–Crippen MR) is 67.8 cm³/mol. The summed E-state index contributed by atoms with van der Waals surface area (Å²) in [7, 11) is 3.62.